The van der Waals surface area contributed by atoms with E-state index < -0.39 is 0 Å². The van der Waals surface area contributed by atoms with Crippen LogP contribution in [0.4, 0.5) is 0 Å². The predicted octanol–water partition coefficient (Wildman–Crippen LogP) is 1.08. The molecule has 1 atom stereocenters. The van der Waals surface area contributed by atoms with E-state index >= 15 is 0 Å². The van der Waals surface area contributed by atoms with Crippen LogP contribution in [0, 0.1) is 5.92 Å². The highest BCUT2D eigenvalue weighted by Gasteiger charge is 2.06. The molecule has 0 saturated carbocycles. The molecule has 0 fully saturated rings. The van der Waals surface area contributed by atoms with Crippen LogP contribution in [0.5, 0.6) is 5.75 Å². The Balaban J connectivity index is 2.38. The minimum Gasteiger partial charge on any atom is -0.493 e. The number of hydrogen-bond acceptors (Lipinski definition) is 3. The Morgan fingerprint density at radius 3 is 2.53 bits per heavy atom. The van der Waals surface area contributed by atoms with E-state index in [0.717, 1.165) is 12.2 Å². The number of carbonyl (C=O) groups is 1. The SMILES string of the molecule is C[C@H](COc1ccc(CCN)cc1)CC(N)=O. The second kappa shape index (κ2) is 6.91. The quantitative estimate of drug-likeness (QED) is 0.743. The average molecular weight is 236 g/mol. The molecule has 17 heavy (non-hydrogen) atoms. The van der Waals surface area contributed by atoms with Gasteiger partial charge in [-0.25, -0.2) is 0 Å². The van der Waals surface area contributed by atoms with E-state index in [1.54, 1.807) is 0 Å². The molecule has 1 amide bonds. The van der Waals surface area contributed by atoms with Crippen molar-refractivity contribution < 1.29 is 9.53 Å². The topological polar surface area (TPSA) is 78.3 Å². The molecule has 0 heterocycles. The lowest BCUT2D eigenvalue weighted by molar-refractivity contribution is -0.119. The van der Waals surface area contributed by atoms with Gasteiger partial charge in [0.15, 0.2) is 0 Å². The number of primary amides is 1. The van der Waals surface area contributed by atoms with E-state index in [0.29, 0.717) is 19.6 Å². The second-order valence-corrected chi connectivity index (χ2v) is 4.27. The lowest BCUT2D eigenvalue weighted by atomic mass is 10.1. The summed E-state index contributed by atoms with van der Waals surface area (Å²) in [5.74, 6) is 0.651. The number of benzene rings is 1. The maximum Gasteiger partial charge on any atom is 0.217 e. The molecule has 0 radical (unpaired) electrons. The van der Waals surface area contributed by atoms with Crippen LogP contribution >= 0.6 is 0 Å². The van der Waals surface area contributed by atoms with Gasteiger partial charge in [-0.2, -0.15) is 0 Å². The number of rotatable bonds is 7. The molecule has 0 aromatic heterocycles. The highest BCUT2D eigenvalue weighted by Crippen LogP contribution is 2.14. The van der Waals surface area contributed by atoms with Gasteiger partial charge in [0.1, 0.15) is 5.75 Å². The molecule has 1 aromatic rings. The largest absolute Gasteiger partial charge is 0.493 e. The maximum atomic E-state index is 10.7. The van der Waals surface area contributed by atoms with Crippen molar-refractivity contribution in [2.75, 3.05) is 13.2 Å². The highest BCUT2D eigenvalue weighted by atomic mass is 16.5. The number of amides is 1. The number of hydrogen-bond donors (Lipinski definition) is 2. The van der Waals surface area contributed by atoms with Crippen LogP contribution < -0.4 is 16.2 Å². The summed E-state index contributed by atoms with van der Waals surface area (Å²) in [4.78, 5) is 10.7. The molecule has 0 spiro atoms. The number of ether oxygens (including phenoxy) is 1. The summed E-state index contributed by atoms with van der Waals surface area (Å²) >= 11 is 0. The van der Waals surface area contributed by atoms with E-state index in [1.807, 2.05) is 31.2 Å². The van der Waals surface area contributed by atoms with Crippen LogP contribution in [0.25, 0.3) is 0 Å². The summed E-state index contributed by atoms with van der Waals surface area (Å²) in [6, 6.07) is 7.84. The van der Waals surface area contributed by atoms with Crippen molar-refractivity contribution in [3.05, 3.63) is 29.8 Å². The van der Waals surface area contributed by atoms with Crippen molar-refractivity contribution in [1.29, 1.82) is 0 Å². The van der Waals surface area contributed by atoms with Gasteiger partial charge in [0.25, 0.3) is 0 Å². The van der Waals surface area contributed by atoms with E-state index in [9.17, 15) is 4.79 Å². The predicted molar refractivity (Wildman–Crippen MR) is 67.7 cm³/mol. The first-order valence-corrected chi connectivity index (χ1v) is 5.82. The molecule has 0 aliphatic carbocycles. The van der Waals surface area contributed by atoms with Crippen LogP contribution in [-0.4, -0.2) is 19.1 Å². The zero-order valence-electron chi connectivity index (χ0n) is 10.2. The monoisotopic (exact) mass is 236 g/mol. The molecule has 1 rings (SSSR count). The zero-order valence-corrected chi connectivity index (χ0v) is 10.2. The van der Waals surface area contributed by atoms with Gasteiger partial charge in [0.05, 0.1) is 6.61 Å². The fraction of sp³-hybridized carbons (Fsp3) is 0.462. The molecule has 94 valence electrons. The van der Waals surface area contributed by atoms with Crippen LogP contribution in [0.15, 0.2) is 24.3 Å². The second-order valence-electron chi connectivity index (χ2n) is 4.27. The van der Waals surface area contributed by atoms with Crippen molar-refractivity contribution in [2.45, 2.75) is 19.8 Å². The summed E-state index contributed by atoms with van der Waals surface area (Å²) < 4.78 is 5.56. The Bertz CT molecular complexity index is 349. The lowest BCUT2D eigenvalue weighted by Gasteiger charge is -2.11. The Morgan fingerprint density at radius 1 is 1.35 bits per heavy atom. The summed E-state index contributed by atoms with van der Waals surface area (Å²) in [6.07, 6.45) is 1.23. The molecular formula is C13H20N2O2. The minimum atomic E-state index is -0.292. The molecule has 4 heteroatoms. The normalized spacial score (nSPS) is 12.1. The third-order valence-electron chi connectivity index (χ3n) is 2.44. The molecule has 4 nitrogen and oxygen atoms in total. The minimum absolute atomic E-state index is 0.135. The van der Waals surface area contributed by atoms with Crippen LogP contribution in [0.2, 0.25) is 0 Å². The van der Waals surface area contributed by atoms with Gasteiger partial charge in [-0.1, -0.05) is 19.1 Å². The van der Waals surface area contributed by atoms with E-state index in [1.165, 1.54) is 5.56 Å². The van der Waals surface area contributed by atoms with Crippen molar-refractivity contribution in [3.63, 3.8) is 0 Å². The number of carbonyl (C=O) groups excluding carboxylic acids is 1. The van der Waals surface area contributed by atoms with Gasteiger partial charge < -0.3 is 16.2 Å². The maximum absolute atomic E-state index is 10.7. The van der Waals surface area contributed by atoms with Gasteiger partial charge in [-0.15, -0.1) is 0 Å². The van der Waals surface area contributed by atoms with Crippen molar-refractivity contribution in [2.24, 2.45) is 17.4 Å². The first kappa shape index (κ1) is 13.5. The lowest BCUT2D eigenvalue weighted by Crippen LogP contribution is -2.18. The molecule has 0 aliphatic rings. The van der Waals surface area contributed by atoms with E-state index in [4.69, 9.17) is 16.2 Å². The first-order chi connectivity index (χ1) is 8.11. The third kappa shape index (κ3) is 5.36. The zero-order chi connectivity index (χ0) is 12.7. The van der Waals surface area contributed by atoms with E-state index in [-0.39, 0.29) is 11.8 Å². The highest BCUT2D eigenvalue weighted by molar-refractivity contribution is 5.73. The number of nitrogens with two attached hydrogens (primary N) is 2. The molecule has 4 N–H and O–H groups in total. The summed E-state index contributed by atoms with van der Waals surface area (Å²) in [6.45, 7) is 3.09. The van der Waals surface area contributed by atoms with E-state index in [2.05, 4.69) is 0 Å². The van der Waals surface area contributed by atoms with Crippen molar-refractivity contribution in [1.82, 2.24) is 0 Å². The van der Waals surface area contributed by atoms with Crippen LogP contribution in [-0.2, 0) is 11.2 Å². The standard InChI is InChI=1S/C13H20N2O2/c1-10(8-13(15)16)9-17-12-4-2-11(3-5-12)6-7-14/h2-5,10H,6-9,14H2,1H3,(H2,15,16)/t10-/m0/s1. The fourth-order valence-corrected chi connectivity index (χ4v) is 1.56. The fourth-order valence-electron chi connectivity index (χ4n) is 1.56. The van der Waals surface area contributed by atoms with Gasteiger partial charge in [-0.05, 0) is 36.6 Å². The molecule has 0 bridgehead atoms. The Labute approximate surface area is 102 Å². The summed E-state index contributed by atoms with van der Waals surface area (Å²) in [5.41, 5.74) is 11.8. The average Bonchev–Trinajstić information content (AvgIpc) is 2.28. The first-order valence-electron chi connectivity index (χ1n) is 5.82. The summed E-state index contributed by atoms with van der Waals surface area (Å²) in [5, 5.41) is 0. The van der Waals surface area contributed by atoms with Crippen LogP contribution in [0.3, 0.4) is 0 Å². The van der Waals surface area contributed by atoms with Gasteiger partial charge in [-0.3, -0.25) is 4.79 Å². The third-order valence-corrected chi connectivity index (χ3v) is 2.44. The van der Waals surface area contributed by atoms with Crippen LogP contribution in [0.1, 0.15) is 18.9 Å². The molecular weight excluding hydrogens is 216 g/mol. The van der Waals surface area contributed by atoms with Crippen molar-refractivity contribution >= 4 is 5.91 Å². The Kier molecular flexibility index (Phi) is 5.49. The Morgan fingerprint density at radius 2 is 2.00 bits per heavy atom. The van der Waals surface area contributed by atoms with Gasteiger partial charge >= 0.3 is 0 Å². The van der Waals surface area contributed by atoms with Gasteiger partial charge in [0.2, 0.25) is 5.91 Å². The van der Waals surface area contributed by atoms with Crippen molar-refractivity contribution in [3.8, 4) is 5.75 Å². The molecule has 0 unspecified atom stereocenters. The molecule has 0 aliphatic heterocycles. The Hall–Kier alpha value is -1.55. The molecule has 1 aromatic carbocycles. The smallest absolute Gasteiger partial charge is 0.217 e. The molecule has 0 saturated heterocycles. The summed E-state index contributed by atoms with van der Waals surface area (Å²) in [7, 11) is 0. The van der Waals surface area contributed by atoms with Gasteiger partial charge in [0, 0.05) is 6.42 Å².